The minimum Gasteiger partial charge on any atom is -0.310 e. The van der Waals surface area contributed by atoms with Gasteiger partial charge in [0.25, 0.3) is 0 Å². The molecule has 0 aliphatic heterocycles. The molecule has 0 saturated heterocycles. The number of hydrogen-bond donors (Lipinski definition) is 0. The van der Waals surface area contributed by atoms with E-state index in [9.17, 15) is 0 Å². The van der Waals surface area contributed by atoms with E-state index in [0.29, 0.717) is 0 Å². The molecule has 2 heteroatoms. The van der Waals surface area contributed by atoms with E-state index in [-0.39, 0.29) is 0 Å². The molecule has 0 unspecified atom stereocenters. The van der Waals surface area contributed by atoms with E-state index in [1.807, 2.05) is 11.3 Å². The van der Waals surface area contributed by atoms with Gasteiger partial charge in [0.15, 0.2) is 0 Å². The van der Waals surface area contributed by atoms with Gasteiger partial charge in [0.2, 0.25) is 0 Å². The van der Waals surface area contributed by atoms with Gasteiger partial charge in [-0.1, -0.05) is 182 Å². The summed E-state index contributed by atoms with van der Waals surface area (Å²) in [5.74, 6) is 0. The molecule has 1 aromatic heterocycles. The topological polar surface area (TPSA) is 3.24 Å². The fourth-order valence-corrected chi connectivity index (χ4v) is 10.5. The zero-order valence-electron chi connectivity index (χ0n) is 31.2. The fraction of sp³-hybridized carbons (Fsp3) is 0.0182. The van der Waals surface area contributed by atoms with Crippen LogP contribution in [-0.2, 0) is 5.41 Å². The van der Waals surface area contributed by atoms with Crippen molar-refractivity contribution >= 4 is 48.6 Å². The first-order chi connectivity index (χ1) is 28.3. The SMILES string of the molecule is c1ccc(-c2cccc(N(c3ccc(-c4cccc5c4sc4ccccc45)cc3)c3ccc4c(c3)C(c3ccccc3)(c3ccccc3)c3ccccc3-4)c2)cc1. The molecule has 57 heavy (non-hydrogen) atoms. The van der Waals surface area contributed by atoms with Crippen LogP contribution in [0, 0.1) is 0 Å². The Kier molecular flexibility index (Phi) is 7.98. The Balaban J connectivity index is 1.12. The van der Waals surface area contributed by atoms with Gasteiger partial charge in [0, 0.05) is 37.2 Å². The molecule has 0 atom stereocenters. The maximum Gasteiger partial charge on any atom is 0.0714 e. The van der Waals surface area contributed by atoms with Crippen molar-refractivity contribution in [2.75, 3.05) is 4.90 Å². The normalized spacial score (nSPS) is 12.7. The first-order valence-electron chi connectivity index (χ1n) is 19.6. The van der Waals surface area contributed by atoms with Crippen LogP contribution in [0.5, 0.6) is 0 Å². The molecule has 0 fully saturated rings. The van der Waals surface area contributed by atoms with Crippen LogP contribution in [0.1, 0.15) is 22.3 Å². The minimum atomic E-state index is -0.491. The van der Waals surface area contributed by atoms with Crippen molar-refractivity contribution in [1.29, 1.82) is 0 Å². The second-order valence-corrected chi connectivity index (χ2v) is 15.9. The average molecular weight is 744 g/mol. The number of thiophene rings is 1. The lowest BCUT2D eigenvalue weighted by molar-refractivity contribution is 0.768. The summed E-state index contributed by atoms with van der Waals surface area (Å²) in [4.78, 5) is 2.43. The molecule has 1 aliphatic rings. The predicted molar refractivity (Wildman–Crippen MR) is 242 cm³/mol. The van der Waals surface area contributed by atoms with Gasteiger partial charge in [-0.2, -0.15) is 0 Å². The van der Waals surface area contributed by atoms with Crippen LogP contribution < -0.4 is 4.90 Å². The Morgan fingerprint density at radius 3 is 1.67 bits per heavy atom. The summed E-state index contributed by atoms with van der Waals surface area (Å²) in [6, 6.07) is 82.5. The number of nitrogens with zero attached hydrogens (tertiary/aromatic N) is 1. The summed E-state index contributed by atoms with van der Waals surface area (Å²) in [6.07, 6.45) is 0. The number of rotatable bonds is 7. The monoisotopic (exact) mass is 743 g/mol. The van der Waals surface area contributed by atoms with Crippen molar-refractivity contribution in [2.45, 2.75) is 5.41 Å². The van der Waals surface area contributed by atoms with Crippen molar-refractivity contribution in [1.82, 2.24) is 0 Å². The largest absolute Gasteiger partial charge is 0.310 e. The van der Waals surface area contributed by atoms with E-state index in [4.69, 9.17) is 0 Å². The lowest BCUT2D eigenvalue weighted by Crippen LogP contribution is -2.28. The Hall–Kier alpha value is -7.00. The molecular formula is C55H37NS. The highest BCUT2D eigenvalue weighted by molar-refractivity contribution is 7.26. The zero-order chi connectivity index (χ0) is 37.8. The molecule has 1 heterocycles. The molecule has 0 bridgehead atoms. The molecule has 1 aliphatic carbocycles. The third-order valence-electron chi connectivity index (χ3n) is 11.8. The molecule has 1 nitrogen and oxygen atoms in total. The van der Waals surface area contributed by atoms with Crippen LogP contribution in [0.4, 0.5) is 17.1 Å². The van der Waals surface area contributed by atoms with Crippen LogP contribution in [0.3, 0.4) is 0 Å². The van der Waals surface area contributed by atoms with Gasteiger partial charge in [-0.3, -0.25) is 0 Å². The summed E-state index contributed by atoms with van der Waals surface area (Å²) in [6.45, 7) is 0. The standard InChI is InChI=1S/C55H37NS/c1-4-16-38(17-5-1)40-18-14-23-44(36-40)56(43-32-30-39(31-33-43)46-26-15-27-50-49-25-11-13-29-53(49)57-54(46)50)45-34-35-48-47-24-10-12-28-51(47)55(52(48)37-45,41-19-6-2-7-20-41)42-21-8-3-9-22-42/h1-37H. The van der Waals surface area contributed by atoms with Gasteiger partial charge < -0.3 is 4.90 Å². The Labute approximate surface area is 337 Å². The smallest absolute Gasteiger partial charge is 0.0714 e. The van der Waals surface area contributed by atoms with Gasteiger partial charge in [-0.25, -0.2) is 0 Å². The quantitative estimate of drug-likeness (QED) is 0.157. The third-order valence-corrected chi connectivity index (χ3v) is 13.0. The van der Waals surface area contributed by atoms with Crippen molar-refractivity contribution in [3.8, 4) is 33.4 Å². The fourth-order valence-electron chi connectivity index (χ4n) is 9.24. The molecule has 0 radical (unpaired) electrons. The van der Waals surface area contributed by atoms with E-state index in [1.165, 1.54) is 75.8 Å². The van der Waals surface area contributed by atoms with E-state index < -0.39 is 5.41 Å². The van der Waals surface area contributed by atoms with E-state index in [2.05, 4.69) is 229 Å². The van der Waals surface area contributed by atoms with Gasteiger partial charge in [-0.05, 0) is 98.1 Å². The summed E-state index contributed by atoms with van der Waals surface area (Å²) in [5.41, 5.74) is 15.4. The van der Waals surface area contributed by atoms with Crippen LogP contribution in [0.15, 0.2) is 224 Å². The van der Waals surface area contributed by atoms with Crippen LogP contribution in [0.2, 0.25) is 0 Å². The molecule has 0 spiro atoms. The first-order valence-corrected chi connectivity index (χ1v) is 20.4. The molecule has 0 saturated carbocycles. The molecule has 0 amide bonds. The molecule has 10 aromatic rings. The second-order valence-electron chi connectivity index (χ2n) is 14.8. The van der Waals surface area contributed by atoms with Crippen molar-refractivity contribution in [3.63, 3.8) is 0 Å². The first kappa shape index (κ1) is 33.3. The summed E-state index contributed by atoms with van der Waals surface area (Å²) < 4.78 is 2.65. The van der Waals surface area contributed by atoms with Gasteiger partial charge in [0.1, 0.15) is 0 Å². The summed E-state index contributed by atoms with van der Waals surface area (Å²) in [5, 5.41) is 2.64. The highest BCUT2D eigenvalue weighted by Crippen LogP contribution is 2.57. The number of fused-ring (bicyclic) bond motifs is 6. The minimum absolute atomic E-state index is 0.491. The number of anilines is 3. The molecular weight excluding hydrogens is 707 g/mol. The zero-order valence-corrected chi connectivity index (χ0v) is 32.0. The lowest BCUT2D eigenvalue weighted by Gasteiger charge is -2.35. The van der Waals surface area contributed by atoms with Crippen LogP contribution in [0.25, 0.3) is 53.6 Å². The third kappa shape index (κ3) is 5.37. The Morgan fingerprint density at radius 2 is 0.895 bits per heavy atom. The molecule has 0 N–H and O–H groups in total. The number of benzene rings is 9. The van der Waals surface area contributed by atoms with E-state index in [0.717, 1.165) is 17.1 Å². The lowest BCUT2D eigenvalue weighted by atomic mass is 9.67. The highest BCUT2D eigenvalue weighted by Gasteiger charge is 2.46. The summed E-state index contributed by atoms with van der Waals surface area (Å²) in [7, 11) is 0. The van der Waals surface area contributed by atoms with Crippen molar-refractivity contribution in [3.05, 3.63) is 247 Å². The predicted octanol–water partition coefficient (Wildman–Crippen LogP) is 15.2. The second kappa shape index (κ2) is 13.6. The van der Waals surface area contributed by atoms with Gasteiger partial charge in [0.05, 0.1) is 5.41 Å². The maximum atomic E-state index is 2.45. The van der Waals surface area contributed by atoms with Crippen molar-refractivity contribution in [2.24, 2.45) is 0 Å². The van der Waals surface area contributed by atoms with E-state index >= 15 is 0 Å². The Bertz CT molecular complexity index is 3020. The van der Waals surface area contributed by atoms with Gasteiger partial charge >= 0.3 is 0 Å². The number of hydrogen-bond acceptors (Lipinski definition) is 2. The molecule has 268 valence electrons. The Morgan fingerprint density at radius 1 is 0.333 bits per heavy atom. The van der Waals surface area contributed by atoms with E-state index in [1.54, 1.807) is 0 Å². The highest BCUT2D eigenvalue weighted by atomic mass is 32.1. The van der Waals surface area contributed by atoms with Gasteiger partial charge in [-0.15, -0.1) is 11.3 Å². The summed E-state index contributed by atoms with van der Waals surface area (Å²) >= 11 is 1.88. The maximum absolute atomic E-state index is 2.45. The van der Waals surface area contributed by atoms with Crippen molar-refractivity contribution < 1.29 is 0 Å². The average Bonchev–Trinajstić information content (AvgIpc) is 3.82. The van der Waals surface area contributed by atoms with Crippen LogP contribution in [-0.4, -0.2) is 0 Å². The molecule has 11 rings (SSSR count). The van der Waals surface area contributed by atoms with Crippen LogP contribution >= 0.6 is 11.3 Å². The molecule has 9 aromatic carbocycles.